The maximum atomic E-state index is 7.75. The van der Waals surface area contributed by atoms with Crippen LogP contribution in [0.1, 0.15) is 19.3 Å². The third-order valence-corrected chi connectivity index (χ3v) is 4.13. The molecule has 0 aromatic carbocycles. The summed E-state index contributed by atoms with van der Waals surface area (Å²) in [5, 5.41) is 7.75. The minimum Gasteiger partial charge on any atom is -0.395 e. The van der Waals surface area contributed by atoms with Gasteiger partial charge in [0.1, 0.15) is 6.71 Å². The van der Waals surface area contributed by atoms with Crippen LogP contribution >= 0.6 is 0 Å². The van der Waals surface area contributed by atoms with Crippen LogP contribution in [0.15, 0.2) is 0 Å². The van der Waals surface area contributed by atoms with E-state index >= 15 is 0 Å². The SMILES string of the molecule is C1B2CC3CC1CC(C2)C3.NCCO. The second-order valence-corrected chi connectivity index (χ2v) is 5.39. The molecule has 4 bridgehead atoms. The van der Waals surface area contributed by atoms with Crippen molar-refractivity contribution in [1.29, 1.82) is 0 Å². The number of aliphatic hydroxyl groups is 1. The van der Waals surface area contributed by atoms with E-state index in [4.69, 9.17) is 10.8 Å². The van der Waals surface area contributed by atoms with Crippen molar-refractivity contribution in [2.45, 2.75) is 38.2 Å². The first-order valence-electron chi connectivity index (χ1n) is 6.12. The van der Waals surface area contributed by atoms with Crippen molar-refractivity contribution in [2.75, 3.05) is 13.2 Å². The number of hydrogen-bond acceptors (Lipinski definition) is 2. The molecule has 0 aromatic rings. The Bertz CT molecular complexity index is 128. The summed E-state index contributed by atoms with van der Waals surface area (Å²) in [7, 11) is 0. The summed E-state index contributed by atoms with van der Waals surface area (Å²) in [6.07, 6.45) is 9.62. The highest BCUT2D eigenvalue weighted by Crippen LogP contribution is 2.51. The van der Waals surface area contributed by atoms with Crippen molar-refractivity contribution in [3.05, 3.63) is 0 Å². The Morgan fingerprint density at radius 1 is 1.00 bits per heavy atom. The fraction of sp³-hybridized carbons (Fsp3) is 1.00. The minimum atomic E-state index is 0.0972. The molecule has 0 spiro atoms. The van der Waals surface area contributed by atoms with Crippen LogP contribution < -0.4 is 5.73 Å². The molecule has 14 heavy (non-hydrogen) atoms. The van der Waals surface area contributed by atoms with E-state index in [2.05, 4.69) is 0 Å². The smallest absolute Gasteiger partial charge is 0.140 e. The van der Waals surface area contributed by atoms with Gasteiger partial charge in [-0.1, -0.05) is 19.0 Å². The van der Waals surface area contributed by atoms with Crippen molar-refractivity contribution >= 4 is 6.71 Å². The van der Waals surface area contributed by atoms with E-state index in [1.807, 2.05) is 0 Å². The van der Waals surface area contributed by atoms with Crippen molar-refractivity contribution in [3.8, 4) is 0 Å². The first-order chi connectivity index (χ1) is 6.81. The highest BCUT2D eigenvalue weighted by Gasteiger charge is 2.43. The second-order valence-electron chi connectivity index (χ2n) is 5.39. The Labute approximate surface area is 87.3 Å². The molecule has 3 heterocycles. The molecule has 3 heteroatoms. The lowest BCUT2D eigenvalue weighted by Crippen LogP contribution is -2.42. The van der Waals surface area contributed by atoms with E-state index in [9.17, 15) is 0 Å². The Morgan fingerprint density at radius 2 is 1.36 bits per heavy atom. The first-order valence-corrected chi connectivity index (χ1v) is 6.12. The second kappa shape index (κ2) is 4.67. The predicted octanol–water partition coefficient (Wildman–Crippen LogP) is 1.48. The molecule has 0 radical (unpaired) electrons. The summed E-state index contributed by atoms with van der Waals surface area (Å²) in [5.41, 5.74) is 4.78. The van der Waals surface area contributed by atoms with Crippen LogP contribution in [0.4, 0.5) is 0 Å². The van der Waals surface area contributed by atoms with Crippen LogP contribution in [-0.4, -0.2) is 25.0 Å². The Kier molecular flexibility index (Phi) is 3.50. The quantitative estimate of drug-likeness (QED) is 0.622. The van der Waals surface area contributed by atoms with E-state index in [0.29, 0.717) is 6.54 Å². The van der Waals surface area contributed by atoms with Gasteiger partial charge in [0.25, 0.3) is 0 Å². The van der Waals surface area contributed by atoms with Gasteiger partial charge in [0.15, 0.2) is 0 Å². The third kappa shape index (κ3) is 2.32. The highest BCUT2D eigenvalue weighted by molar-refractivity contribution is 6.59. The van der Waals surface area contributed by atoms with E-state index in [0.717, 1.165) is 0 Å². The molecule has 3 saturated heterocycles. The van der Waals surface area contributed by atoms with Gasteiger partial charge in [-0.15, -0.1) is 0 Å². The third-order valence-electron chi connectivity index (χ3n) is 4.13. The van der Waals surface area contributed by atoms with E-state index in [-0.39, 0.29) is 6.61 Å². The van der Waals surface area contributed by atoms with Crippen LogP contribution in [0.3, 0.4) is 0 Å². The maximum Gasteiger partial charge on any atom is 0.140 e. The summed E-state index contributed by atoms with van der Waals surface area (Å²) in [5.74, 6) is 3.53. The van der Waals surface area contributed by atoms with Gasteiger partial charge in [0, 0.05) is 6.54 Å². The van der Waals surface area contributed by atoms with E-state index < -0.39 is 0 Å². The van der Waals surface area contributed by atoms with Gasteiger partial charge < -0.3 is 10.8 Å². The molecule has 2 nitrogen and oxygen atoms in total. The normalized spacial score (nSPS) is 38.1. The zero-order valence-electron chi connectivity index (χ0n) is 8.99. The van der Waals surface area contributed by atoms with Crippen LogP contribution in [0.2, 0.25) is 19.0 Å². The molecular formula is C11H22BNO. The average molecular weight is 195 g/mol. The summed E-state index contributed by atoms with van der Waals surface area (Å²) < 4.78 is 0. The Morgan fingerprint density at radius 3 is 1.57 bits per heavy atom. The summed E-state index contributed by atoms with van der Waals surface area (Å²) in [6, 6.07) is 0. The van der Waals surface area contributed by atoms with Gasteiger partial charge in [0.2, 0.25) is 0 Å². The fourth-order valence-electron chi connectivity index (χ4n) is 3.98. The van der Waals surface area contributed by atoms with Crippen LogP contribution in [-0.2, 0) is 0 Å². The molecule has 4 rings (SSSR count). The summed E-state index contributed by atoms with van der Waals surface area (Å²) in [6.45, 7) is 1.65. The lowest BCUT2D eigenvalue weighted by atomic mass is 9.28. The molecule has 80 valence electrons. The van der Waals surface area contributed by atoms with Crippen LogP contribution in [0.25, 0.3) is 0 Å². The molecule has 1 aliphatic carbocycles. The molecule has 3 N–H and O–H groups in total. The van der Waals surface area contributed by atoms with Gasteiger partial charge in [-0.05, 0) is 37.0 Å². The Hall–Kier alpha value is -0.0151. The topological polar surface area (TPSA) is 46.2 Å². The molecule has 0 unspecified atom stereocenters. The zero-order valence-corrected chi connectivity index (χ0v) is 8.99. The summed E-state index contributed by atoms with van der Waals surface area (Å²) in [4.78, 5) is 0. The number of nitrogens with two attached hydrogens (primary N) is 1. The van der Waals surface area contributed by atoms with Gasteiger partial charge in [-0.3, -0.25) is 0 Å². The zero-order chi connectivity index (χ0) is 9.97. The Balaban J connectivity index is 0.000000165. The molecule has 0 amide bonds. The standard InChI is InChI=1S/C9H15B.C2H7NO/c1-7-2-9-3-8(1)5-10(4-7)6-9;3-1-2-4/h7-9H,1-6H2;4H,1-3H2. The predicted molar refractivity (Wildman–Crippen MR) is 60.6 cm³/mol. The first kappa shape index (κ1) is 10.5. The molecule has 0 aromatic heterocycles. The number of aliphatic hydroxyl groups excluding tert-OH is 1. The maximum absolute atomic E-state index is 7.75. The molecule has 4 fully saturated rings. The van der Waals surface area contributed by atoms with Crippen LogP contribution in [0.5, 0.6) is 0 Å². The number of hydrogen-bond donors (Lipinski definition) is 2. The molecule has 0 atom stereocenters. The molecule has 3 aliphatic heterocycles. The van der Waals surface area contributed by atoms with Crippen molar-refractivity contribution in [1.82, 2.24) is 0 Å². The van der Waals surface area contributed by atoms with Crippen molar-refractivity contribution in [2.24, 2.45) is 23.5 Å². The molecule has 1 saturated carbocycles. The fourth-order valence-corrected chi connectivity index (χ4v) is 3.98. The van der Waals surface area contributed by atoms with Crippen LogP contribution in [0, 0.1) is 17.8 Å². The molecular weight excluding hydrogens is 173 g/mol. The highest BCUT2D eigenvalue weighted by atomic mass is 16.3. The van der Waals surface area contributed by atoms with Gasteiger partial charge in [-0.25, -0.2) is 0 Å². The average Bonchev–Trinajstić information content (AvgIpc) is 2.16. The summed E-state index contributed by atoms with van der Waals surface area (Å²) >= 11 is 0. The van der Waals surface area contributed by atoms with Crippen molar-refractivity contribution < 1.29 is 5.11 Å². The number of rotatable bonds is 1. The monoisotopic (exact) mass is 195 g/mol. The van der Waals surface area contributed by atoms with Crippen molar-refractivity contribution in [3.63, 3.8) is 0 Å². The minimum absolute atomic E-state index is 0.0972. The van der Waals surface area contributed by atoms with Gasteiger partial charge in [0.05, 0.1) is 6.61 Å². The molecule has 4 aliphatic rings. The van der Waals surface area contributed by atoms with E-state index in [1.54, 1.807) is 38.2 Å². The van der Waals surface area contributed by atoms with Gasteiger partial charge in [-0.2, -0.15) is 0 Å². The largest absolute Gasteiger partial charge is 0.395 e. The lowest BCUT2D eigenvalue weighted by molar-refractivity contribution is 0.194. The lowest BCUT2D eigenvalue weighted by Gasteiger charge is -2.48. The van der Waals surface area contributed by atoms with Gasteiger partial charge >= 0.3 is 0 Å². The van der Waals surface area contributed by atoms with E-state index in [1.165, 1.54) is 24.5 Å².